The quantitative estimate of drug-likeness (QED) is 0.305. The third-order valence-electron chi connectivity index (χ3n) is 5.81. The van der Waals surface area contributed by atoms with Gasteiger partial charge in [0.05, 0.1) is 23.8 Å². The molecule has 2 aromatic carbocycles. The number of hydrogen-bond donors (Lipinski definition) is 2. The molecule has 1 amide bonds. The monoisotopic (exact) mass is 522 g/mol. The lowest BCUT2D eigenvalue weighted by molar-refractivity contribution is -0.245. The third kappa shape index (κ3) is 7.62. The molecular weight excluding hydrogens is 492 g/mol. The Kier molecular flexibility index (Phi) is 9.29. The molecule has 194 valence electrons. The number of rotatable bonds is 9. The largest absolute Gasteiger partial charge is 0.453 e. The zero-order valence-corrected chi connectivity index (χ0v) is 21.5. The zero-order valence-electron chi connectivity index (χ0n) is 20.7. The summed E-state index contributed by atoms with van der Waals surface area (Å²) in [7, 11) is 0. The van der Waals surface area contributed by atoms with Crippen molar-refractivity contribution in [1.82, 2.24) is 4.98 Å². The molecule has 1 fully saturated rings. The van der Waals surface area contributed by atoms with Crippen molar-refractivity contribution in [2.75, 3.05) is 11.1 Å². The van der Waals surface area contributed by atoms with Crippen LogP contribution in [0.5, 0.6) is 0 Å². The highest BCUT2D eigenvalue weighted by molar-refractivity contribution is 7.99. The van der Waals surface area contributed by atoms with Gasteiger partial charge in [-0.3, -0.25) is 9.59 Å². The van der Waals surface area contributed by atoms with Gasteiger partial charge < -0.3 is 24.6 Å². The summed E-state index contributed by atoms with van der Waals surface area (Å²) in [5.74, 6) is -0.254. The van der Waals surface area contributed by atoms with Crippen molar-refractivity contribution in [3.8, 4) is 0 Å². The van der Waals surface area contributed by atoms with Crippen molar-refractivity contribution in [2.45, 2.75) is 56.5 Å². The van der Waals surface area contributed by atoms with Crippen molar-refractivity contribution < 1.29 is 28.9 Å². The molecule has 1 aliphatic heterocycles. The molecule has 2 heterocycles. The predicted molar refractivity (Wildman–Crippen MR) is 140 cm³/mol. The summed E-state index contributed by atoms with van der Waals surface area (Å²) in [4.78, 5) is 28.0. The van der Waals surface area contributed by atoms with E-state index in [-0.39, 0.29) is 18.8 Å². The van der Waals surface area contributed by atoms with Gasteiger partial charge in [-0.1, -0.05) is 42.5 Å². The van der Waals surface area contributed by atoms with E-state index >= 15 is 0 Å². The molecule has 1 aliphatic rings. The first-order valence-corrected chi connectivity index (χ1v) is 13.0. The highest BCUT2D eigenvalue weighted by atomic mass is 32.2. The molecule has 3 aromatic rings. The highest BCUT2D eigenvalue weighted by Gasteiger charge is 2.32. The van der Waals surface area contributed by atoms with E-state index in [1.165, 1.54) is 13.8 Å². The standard InChI is InChI=1S/C28H30N2O6S/c1-18(34-19(2)32)27(33)30-23-7-5-6-22(14-23)28-35-24(17-37-26-8-3-4-13-29-26)15-25(36-28)21-11-9-20(16-31)10-12-21/h3-14,18,24-25,28,31H,15-17H2,1-2H3,(H,30,33)/t18-,24-,25+,28+/m0/s1. The van der Waals surface area contributed by atoms with Crippen LogP contribution in [0.3, 0.4) is 0 Å². The first-order valence-electron chi connectivity index (χ1n) is 12.0. The number of hydrogen-bond acceptors (Lipinski definition) is 8. The SMILES string of the molecule is CC(=O)O[C@@H](C)C(=O)Nc1cccc([C@@H]2O[C@H](CSc3ccccn3)C[C@H](c3ccc(CO)cc3)O2)c1. The van der Waals surface area contributed by atoms with Gasteiger partial charge in [-0.2, -0.15) is 0 Å². The topological polar surface area (TPSA) is 107 Å². The van der Waals surface area contributed by atoms with Crippen LogP contribution in [-0.2, 0) is 30.4 Å². The van der Waals surface area contributed by atoms with Crippen LogP contribution in [0.4, 0.5) is 5.69 Å². The second-order valence-electron chi connectivity index (χ2n) is 8.70. The number of nitrogens with zero attached hydrogens (tertiary/aromatic N) is 1. The fourth-order valence-electron chi connectivity index (χ4n) is 3.94. The zero-order chi connectivity index (χ0) is 26.2. The first kappa shape index (κ1) is 26.8. The Labute approximate surface area is 220 Å². The van der Waals surface area contributed by atoms with E-state index in [1.54, 1.807) is 30.1 Å². The summed E-state index contributed by atoms with van der Waals surface area (Å²) in [6.45, 7) is 2.76. The normalized spacial score (nSPS) is 20.1. The highest BCUT2D eigenvalue weighted by Crippen LogP contribution is 2.39. The number of nitrogens with one attached hydrogen (secondary N) is 1. The molecule has 2 N–H and O–H groups in total. The van der Waals surface area contributed by atoms with Gasteiger partial charge in [0.2, 0.25) is 0 Å². The number of benzene rings is 2. The van der Waals surface area contributed by atoms with Crippen molar-refractivity contribution in [2.24, 2.45) is 0 Å². The third-order valence-corrected chi connectivity index (χ3v) is 6.88. The summed E-state index contributed by atoms with van der Waals surface area (Å²) in [5.41, 5.74) is 3.13. The fraction of sp³-hybridized carbons (Fsp3) is 0.321. The second kappa shape index (κ2) is 12.8. The smallest absolute Gasteiger partial charge is 0.303 e. The molecule has 0 saturated carbocycles. The molecule has 37 heavy (non-hydrogen) atoms. The Morgan fingerprint density at radius 2 is 1.92 bits per heavy atom. The number of anilines is 1. The van der Waals surface area contributed by atoms with Gasteiger partial charge in [-0.15, -0.1) is 11.8 Å². The fourth-order valence-corrected chi connectivity index (χ4v) is 4.82. The summed E-state index contributed by atoms with van der Waals surface area (Å²) >= 11 is 1.62. The number of carbonyl (C=O) groups excluding carboxylic acids is 2. The van der Waals surface area contributed by atoms with Gasteiger partial charge >= 0.3 is 5.97 Å². The van der Waals surface area contributed by atoms with Crippen molar-refractivity contribution in [3.63, 3.8) is 0 Å². The molecule has 0 unspecified atom stereocenters. The van der Waals surface area contributed by atoms with Crippen LogP contribution >= 0.6 is 11.8 Å². The van der Waals surface area contributed by atoms with Gasteiger partial charge in [0, 0.05) is 36.5 Å². The lowest BCUT2D eigenvalue weighted by atomic mass is 10.0. The van der Waals surface area contributed by atoms with Crippen molar-refractivity contribution >= 4 is 29.3 Å². The van der Waals surface area contributed by atoms with Crippen LogP contribution in [0.1, 0.15) is 49.4 Å². The van der Waals surface area contributed by atoms with Gasteiger partial charge in [0.15, 0.2) is 12.4 Å². The Morgan fingerprint density at radius 3 is 2.62 bits per heavy atom. The molecule has 0 spiro atoms. The minimum absolute atomic E-state index is 0.0184. The average molecular weight is 523 g/mol. The van der Waals surface area contributed by atoms with Gasteiger partial charge in [0.25, 0.3) is 5.91 Å². The molecule has 9 heteroatoms. The Morgan fingerprint density at radius 1 is 1.11 bits per heavy atom. The van der Waals surface area contributed by atoms with E-state index < -0.39 is 24.3 Å². The minimum Gasteiger partial charge on any atom is -0.453 e. The second-order valence-corrected chi connectivity index (χ2v) is 9.74. The maximum absolute atomic E-state index is 12.4. The van der Waals surface area contributed by atoms with Crippen LogP contribution in [0.25, 0.3) is 0 Å². The number of aromatic nitrogens is 1. The summed E-state index contributed by atoms with van der Waals surface area (Å²) in [6.07, 6.45) is 0.517. The number of aliphatic hydroxyl groups excluding tert-OH is 1. The molecule has 4 rings (SSSR count). The number of amides is 1. The molecule has 4 atom stereocenters. The molecule has 0 aliphatic carbocycles. The maximum atomic E-state index is 12.4. The number of carbonyl (C=O) groups is 2. The maximum Gasteiger partial charge on any atom is 0.303 e. The molecule has 0 radical (unpaired) electrons. The van der Waals surface area contributed by atoms with Gasteiger partial charge in [0.1, 0.15) is 0 Å². The lowest BCUT2D eigenvalue weighted by Crippen LogP contribution is -2.31. The van der Waals surface area contributed by atoms with Crippen molar-refractivity contribution in [3.05, 3.63) is 89.6 Å². The number of aliphatic hydroxyl groups is 1. The summed E-state index contributed by atoms with van der Waals surface area (Å²) in [6, 6.07) is 20.8. The van der Waals surface area contributed by atoms with Crippen molar-refractivity contribution in [1.29, 1.82) is 0 Å². The minimum atomic E-state index is -0.914. The van der Waals surface area contributed by atoms with Gasteiger partial charge in [-0.25, -0.2) is 4.98 Å². The van der Waals surface area contributed by atoms with Crippen LogP contribution in [-0.4, -0.2) is 39.9 Å². The van der Waals surface area contributed by atoms with E-state index in [2.05, 4.69) is 10.3 Å². The van der Waals surface area contributed by atoms with Crippen LogP contribution in [0.15, 0.2) is 78.0 Å². The Bertz CT molecular complexity index is 1190. The number of pyridine rings is 1. The molecule has 8 nitrogen and oxygen atoms in total. The average Bonchev–Trinajstić information content (AvgIpc) is 2.92. The van der Waals surface area contributed by atoms with E-state index in [1.807, 2.05) is 54.6 Å². The number of esters is 1. The van der Waals surface area contributed by atoms with Crippen LogP contribution in [0, 0.1) is 0 Å². The van der Waals surface area contributed by atoms with Crippen LogP contribution in [0.2, 0.25) is 0 Å². The predicted octanol–water partition coefficient (Wildman–Crippen LogP) is 4.80. The van der Waals surface area contributed by atoms with E-state index in [0.29, 0.717) is 17.9 Å². The molecule has 1 saturated heterocycles. The molecular formula is C28H30N2O6S. The first-order chi connectivity index (χ1) is 17.9. The number of ether oxygens (including phenoxy) is 3. The Balaban J connectivity index is 1.51. The van der Waals surface area contributed by atoms with Crippen LogP contribution < -0.4 is 5.32 Å². The van der Waals surface area contributed by atoms with Gasteiger partial charge in [-0.05, 0) is 42.3 Å². The summed E-state index contributed by atoms with van der Waals surface area (Å²) in [5, 5.41) is 13.1. The van der Waals surface area contributed by atoms with E-state index in [0.717, 1.165) is 21.7 Å². The molecule has 0 bridgehead atoms. The Hall–Kier alpha value is -3.24. The lowest BCUT2D eigenvalue weighted by Gasteiger charge is -2.36. The van der Waals surface area contributed by atoms with E-state index in [9.17, 15) is 14.7 Å². The summed E-state index contributed by atoms with van der Waals surface area (Å²) < 4.78 is 17.7. The van der Waals surface area contributed by atoms with E-state index in [4.69, 9.17) is 14.2 Å². The number of thioether (sulfide) groups is 1. The molecule has 1 aromatic heterocycles.